The van der Waals surface area contributed by atoms with E-state index in [1.807, 2.05) is 0 Å². The number of nitrogens with zero attached hydrogens (tertiary/aromatic N) is 2. The van der Waals surface area contributed by atoms with Gasteiger partial charge < -0.3 is 15.0 Å². The molecule has 0 radical (unpaired) electrons. The highest BCUT2D eigenvalue weighted by atomic mass is 32.2. The highest BCUT2D eigenvalue weighted by molar-refractivity contribution is 7.99. The first-order valence-corrected chi connectivity index (χ1v) is 6.37. The molecule has 20 heavy (non-hydrogen) atoms. The number of nitrogens with one attached hydrogen (secondary N) is 3. The molecule has 0 unspecified atom stereocenters. The molecular formula is C12H7N5O2S. The van der Waals surface area contributed by atoms with Gasteiger partial charge in [0.2, 0.25) is 0 Å². The third-order valence-electron chi connectivity index (χ3n) is 2.62. The lowest BCUT2D eigenvalue weighted by molar-refractivity contribution is 1.06. The van der Waals surface area contributed by atoms with Gasteiger partial charge in [-0.25, -0.2) is 4.98 Å². The predicted molar refractivity (Wildman–Crippen MR) is 72.6 cm³/mol. The fourth-order valence-electron chi connectivity index (χ4n) is 1.73. The van der Waals surface area contributed by atoms with E-state index in [1.165, 1.54) is 17.8 Å². The van der Waals surface area contributed by atoms with Gasteiger partial charge in [0.15, 0.2) is 5.16 Å². The Bertz CT molecular complexity index is 933. The maximum atomic E-state index is 11.3. The Morgan fingerprint density at radius 2 is 1.85 bits per heavy atom. The van der Waals surface area contributed by atoms with Crippen LogP contribution in [0.4, 0.5) is 0 Å². The molecule has 3 rings (SSSR count). The van der Waals surface area contributed by atoms with Crippen LogP contribution in [0.3, 0.4) is 0 Å². The summed E-state index contributed by atoms with van der Waals surface area (Å²) in [6, 6.07) is 5.22. The minimum Gasteiger partial charge on any atom is -0.339 e. The Morgan fingerprint density at radius 1 is 1.15 bits per heavy atom. The summed E-state index contributed by atoms with van der Waals surface area (Å²) in [7, 11) is 0. The van der Waals surface area contributed by atoms with Gasteiger partial charge in [0, 0.05) is 17.3 Å². The van der Waals surface area contributed by atoms with Crippen molar-refractivity contribution < 1.29 is 0 Å². The van der Waals surface area contributed by atoms with Crippen LogP contribution < -0.4 is 11.1 Å². The van der Waals surface area contributed by atoms with E-state index < -0.39 is 11.1 Å². The lowest BCUT2D eigenvalue weighted by atomic mass is 10.2. The van der Waals surface area contributed by atoms with E-state index in [0.29, 0.717) is 26.6 Å². The van der Waals surface area contributed by atoms with Crippen LogP contribution in [0.1, 0.15) is 5.56 Å². The summed E-state index contributed by atoms with van der Waals surface area (Å²) < 4.78 is 0. The van der Waals surface area contributed by atoms with Crippen molar-refractivity contribution in [2.75, 3.05) is 0 Å². The van der Waals surface area contributed by atoms with E-state index >= 15 is 0 Å². The van der Waals surface area contributed by atoms with Gasteiger partial charge in [0.1, 0.15) is 6.07 Å². The maximum Gasteiger partial charge on any atom is 0.314 e. The normalized spacial score (nSPS) is 10.6. The van der Waals surface area contributed by atoms with Crippen LogP contribution in [0.2, 0.25) is 0 Å². The van der Waals surface area contributed by atoms with Gasteiger partial charge in [0.05, 0.1) is 16.6 Å². The topological polar surface area (TPSA) is 118 Å². The third-order valence-corrected chi connectivity index (χ3v) is 3.60. The summed E-state index contributed by atoms with van der Waals surface area (Å²) >= 11 is 1.27. The molecule has 98 valence electrons. The third kappa shape index (κ3) is 2.10. The van der Waals surface area contributed by atoms with Crippen molar-refractivity contribution in [3.8, 4) is 6.07 Å². The Balaban J connectivity index is 2.21. The maximum absolute atomic E-state index is 11.3. The van der Waals surface area contributed by atoms with E-state index in [4.69, 9.17) is 0 Å². The minimum atomic E-state index is -0.743. The molecule has 0 spiro atoms. The van der Waals surface area contributed by atoms with Gasteiger partial charge in [-0.15, -0.1) is 0 Å². The molecule has 0 bridgehead atoms. The first-order chi connectivity index (χ1) is 9.67. The molecule has 3 N–H and O–H groups in total. The number of aromatic amines is 3. The molecular weight excluding hydrogens is 278 g/mol. The smallest absolute Gasteiger partial charge is 0.314 e. The molecule has 0 saturated carbocycles. The highest BCUT2D eigenvalue weighted by Crippen LogP contribution is 2.29. The van der Waals surface area contributed by atoms with Gasteiger partial charge in [-0.1, -0.05) is 11.8 Å². The molecule has 2 aromatic heterocycles. The van der Waals surface area contributed by atoms with Crippen LogP contribution in [-0.4, -0.2) is 19.9 Å². The molecule has 0 atom stereocenters. The molecule has 0 amide bonds. The van der Waals surface area contributed by atoms with Crippen LogP contribution >= 0.6 is 11.8 Å². The monoisotopic (exact) mass is 285 g/mol. The average molecular weight is 285 g/mol. The average Bonchev–Trinajstić information content (AvgIpc) is 2.93. The Kier molecular flexibility index (Phi) is 2.89. The molecule has 0 aliphatic heterocycles. The molecule has 0 saturated heterocycles. The second kappa shape index (κ2) is 4.71. The number of benzene rings is 1. The Morgan fingerprint density at radius 3 is 2.45 bits per heavy atom. The Hall–Kier alpha value is -2.79. The lowest BCUT2D eigenvalue weighted by Gasteiger charge is -2.04. The summed E-state index contributed by atoms with van der Waals surface area (Å²) in [5, 5.41) is 9.80. The predicted octanol–water partition coefficient (Wildman–Crippen LogP) is 0.962. The molecule has 1 aromatic carbocycles. The number of hydrogen-bond acceptors (Lipinski definition) is 5. The number of H-pyrrole nitrogens is 3. The van der Waals surface area contributed by atoms with Gasteiger partial charge in [-0.2, -0.15) is 5.26 Å². The second-order valence-corrected chi connectivity index (χ2v) is 4.94. The number of aromatic nitrogens is 4. The fourth-order valence-corrected chi connectivity index (χ4v) is 2.57. The van der Waals surface area contributed by atoms with E-state index in [2.05, 4.69) is 26.0 Å². The van der Waals surface area contributed by atoms with Crippen molar-refractivity contribution in [3.63, 3.8) is 0 Å². The number of rotatable bonds is 2. The first kappa shape index (κ1) is 12.3. The van der Waals surface area contributed by atoms with Crippen LogP contribution in [0.15, 0.2) is 44.2 Å². The summed E-state index contributed by atoms with van der Waals surface area (Å²) in [5.74, 6) is 0. The zero-order valence-electron chi connectivity index (χ0n) is 9.93. The number of fused-ring (bicyclic) bond motifs is 1. The van der Waals surface area contributed by atoms with E-state index in [1.54, 1.807) is 18.5 Å². The van der Waals surface area contributed by atoms with E-state index in [9.17, 15) is 14.9 Å². The van der Waals surface area contributed by atoms with Gasteiger partial charge in [-0.3, -0.25) is 9.59 Å². The van der Waals surface area contributed by atoms with Crippen LogP contribution in [-0.2, 0) is 0 Å². The van der Waals surface area contributed by atoms with E-state index in [-0.39, 0.29) is 0 Å². The van der Waals surface area contributed by atoms with Gasteiger partial charge in [0.25, 0.3) is 0 Å². The van der Waals surface area contributed by atoms with Gasteiger partial charge >= 0.3 is 11.1 Å². The van der Waals surface area contributed by atoms with Crippen molar-refractivity contribution >= 4 is 22.8 Å². The second-order valence-electron chi connectivity index (χ2n) is 3.91. The molecule has 3 aromatic rings. The largest absolute Gasteiger partial charge is 0.339 e. The standard InChI is InChI=1S/C12H7N5O2S/c13-5-6-3-7-8(17-11(19)10(18)16-7)4-9(6)20-12-14-1-2-15-12/h1-4H,(H,14,15)(H,16,18)(H,17,19). The van der Waals surface area contributed by atoms with Crippen molar-refractivity contribution in [3.05, 3.63) is 50.8 Å². The molecule has 2 heterocycles. The van der Waals surface area contributed by atoms with Crippen LogP contribution in [0.25, 0.3) is 11.0 Å². The van der Waals surface area contributed by atoms with Crippen molar-refractivity contribution in [2.24, 2.45) is 0 Å². The molecule has 0 fully saturated rings. The fraction of sp³-hybridized carbons (Fsp3) is 0. The summed E-state index contributed by atoms with van der Waals surface area (Å²) in [6.45, 7) is 0. The molecule has 7 nitrogen and oxygen atoms in total. The number of hydrogen-bond donors (Lipinski definition) is 3. The number of imidazole rings is 1. The quantitative estimate of drug-likeness (QED) is 0.606. The van der Waals surface area contributed by atoms with Crippen LogP contribution in [0.5, 0.6) is 0 Å². The van der Waals surface area contributed by atoms with E-state index in [0.717, 1.165) is 0 Å². The van der Waals surface area contributed by atoms with Crippen molar-refractivity contribution in [1.82, 2.24) is 19.9 Å². The van der Waals surface area contributed by atoms with Crippen LogP contribution in [0, 0.1) is 11.3 Å². The zero-order valence-corrected chi connectivity index (χ0v) is 10.7. The minimum absolute atomic E-state index is 0.390. The molecule has 0 aliphatic rings. The summed E-state index contributed by atoms with van der Waals surface area (Å²) in [4.78, 5) is 35.1. The number of nitriles is 1. The Labute approximate surface area is 115 Å². The zero-order chi connectivity index (χ0) is 14.1. The highest BCUT2D eigenvalue weighted by Gasteiger charge is 2.09. The summed E-state index contributed by atoms with van der Waals surface area (Å²) in [6.07, 6.45) is 3.28. The first-order valence-electron chi connectivity index (χ1n) is 5.55. The lowest BCUT2D eigenvalue weighted by Crippen LogP contribution is -2.28. The van der Waals surface area contributed by atoms with Crippen molar-refractivity contribution in [1.29, 1.82) is 5.26 Å². The molecule has 8 heteroatoms. The SMILES string of the molecule is N#Cc1cc2[nH]c(=O)c(=O)[nH]c2cc1Sc1ncc[nH]1. The van der Waals surface area contributed by atoms with Crippen molar-refractivity contribution in [2.45, 2.75) is 10.1 Å². The van der Waals surface area contributed by atoms with Gasteiger partial charge in [-0.05, 0) is 12.1 Å². The summed E-state index contributed by atoms with van der Waals surface area (Å²) in [5.41, 5.74) is -0.205. The molecule has 0 aliphatic carbocycles.